The summed E-state index contributed by atoms with van der Waals surface area (Å²) in [7, 11) is 0. The number of carbonyl (C=O) groups is 2. The van der Waals surface area contributed by atoms with Crippen molar-refractivity contribution in [3.05, 3.63) is 60.2 Å². The Bertz CT molecular complexity index is 842. The van der Waals surface area contributed by atoms with Crippen molar-refractivity contribution >= 4 is 23.2 Å². The first-order valence-corrected chi connectivity index (χ1v) is 10.5. The number of benzene rings is 2. The lowest BCUT2D eigenvalue weighted by atomic mass is 10.1. The van der Waals surface area contributed by atoms with Crippen molar-refractivity contribution in [3.63, 3.8) is 0 Å². The molecule has 0 spiro atoms. The zero-order valence-corrected chi connectivity index (χ0v) is 18.2. The lowest BCUT2D eigenvalue weighted by molar-refractivity contribution is -0.117. The second-order valence-corrected chi connectivity index (χ2v) is 8.09. The Labute approximate surface area is 178 Å². The van der Waals surface area contributed by atoms with Crippen molar-refractivity contribution in [3.8, 4) is 0 Å². The number of para-hydroxylation sites is 1. The van der Waals surface area contributed by atoms with E-state index in [9.17, 15) is 9.59 Å². The summed E-state index contributed by atoms with van der Waals surface area (Å²) in [6, 6.07) is 17.0. The highest BCUT2D eigenvalue weighted by atomic mass is 16.5. The lowest BCUT2D eigenvalue weighted by Crippen LogP contribution is -2.48. The fourth-order valence-corrected chi connectivity index (χ4v) is 3.84. The Morgan fingerprint density at radius 1 is 1.03 bits per heavy atom. The standard InChI is InChI=1S/C24H31N3O3/c1-17(2)27(22-8-6-5-7-9-22)23(28)14-25-21-12-10-20(11-13-21)24(29)26-15-18(3)30-19(4)16-26/h5-13,17-19,25H,14-16H2,1-4H3. The number of nitrogens with zero attached hydrogens (tertiary/aromatic N) is 2. The van der Waals surface area contributed by atoms with Gasteiger partial charge in [-0.25, -0.2) is 0 Å². The van der Waals surface area contributed by atoms with Gasteiger partial charge in [0.15, 0.2) is 0 Å². The molecule has 6 nitrogen and oxygen atoms in total. The molecular weight excluding hydrogens is 378 g/mol. The minimum Gasteiger partial charge on any atom is -0.376 e. The summed E-state index contributed by atoms with van der Waals surface area (Å²) in [5.74, 6) is 0.00216. The Hall–Kier alpha value is -2.86. The average molecular weight is 410 g/mol. The molecule has 0 saturated carbocycles. The third kappa shape index (κ3) is 5.39. The summed E-state index contributed by atoms with van der Waals surface area (Å²) >= 11 is 0. The maximum absolute atomic E-state index is 12.8. The smallest absolute Gasteiger partial charge is 0.254 e. The normalized spacial score (nSPS) is 18.9. The molecule has 0 radical (unpaired) electrons. The van der Waals surface area contributed by atoms with Crippen LogP contribution in [0.1, 0.15) is 38.1 Å². The molecule has 30 heavy (non-hydrogen) atoms. The largest absolute Gasteiger partial charge is 0.376 e. The molecule has 2 atom stereocenters. The van der Waals surface area contributed by atoms with Crippen LogP contribution in [0, 0.1) is 0 Å². The molecule has 1 fully saturated rings. The average Bonchev–Trinajstić information content (AvgIpc) is 2.72. The summed E-state index contributed by atoms with van der Waals surface area (Å²) in [5, 5.41) is 3.17. The van der Waals surface area contributed by atoms with E-state index in [-0.39, 0.29) is 36.6 Å². The maximum atomic E-state index is 12.8. The van der Waals surface area contributed by atoms with Crippen molar-refractivity contribution in [2.24, 2.45) is 0 Å². The molecule has 1 saturated heterocycles. The SMILES string of the molecule is CC1CN(C(=O)c2ccc(NCC(=O)N(c3ccccc3)C(C)C)cc2)CC(C)O1. The van der Waals surface area contributed by atoms with Crippen LogP contribution in [0.4, 0.5) is 11.4 Å². The van der Waals surface area contributed by atoms with Crippen molar-refractivity contribution in [1.29, 1.82) is 0 Å². The molecule has 0 aliphatic carbocycles. The molecule has 160 valence electrons. The number of ether oxygens (including phenoxy) is 1. The predicted molar refractivity (Wildman–Crippen MR) is 120 cm³/mol. The highest BCUT2D eigenvalue weighted by Crippen LogP contribution is 2.18. The molecule has 6 heteroatoms. The first kappa shape index (κ1) is 21.8. The number of rotatable bonds is 6. The van der Waals surface area contributed by atoms with Gasteiger partial charge in [-0.1, -0.05) is 18.2 Å². The van der Waals surface area contributed by atoms with Gasteiger partial charge in [0.25, 0.3) is 5.91 Å². The molecule has 0 bridgehead atoms. The molecule has 2 amide bonds. The molecule has 2 aromatic rings. The zero-order valence-electron chi connectivity index (χ0n) is 18.2. The summed E-state index contributed by atoms with van der Waals surface area (Å²) in [4.78, 5) is 29.2. The van der Waals surface area contributed by atoms with Gasteiger partial charge in [-0.2, -0.15) is 0 Å². The van der Waals surface area contributed by atoms with Crippen LogP contribution in [0.25, 0.3) is 0 Å². The van der Waals surface area contributed by atoms with E-state index in [2.05, 4.69) is 5.32 Å². The lowest BCUT2D eigenvalue weighted by Gasteiger charge is -2.35. The first-order valence-electron chi connectivity index (χ1n) is 10.5. The minimum absolute atomic E-state index is 0.00681. The fraction of sp³-hybridized carbons (Fsp3) is 0.417. The Morgan fingerprint density at radius 2 is 1.63 bits per heavy atom. The Kier molecular flexibility index (Phi) is 7.11. The highest BCUT2D eigenvalue weighted by Gasteiger charge is 2.26. The minimum atomic E-state index is -0.00681. The molecule has 1 heterocycles. The van der Waals surface area contributed by atoms with Gasteiger partial charge in [0.05, 0.1) is 18.8 Å². The molecule has 1 N–H and O–H groups in total. The number of carbonyl (C=O) groups excluding carboxylic acids is 2. The number of amides is 2. The van der Waals surface area contributed by atoms with Crippen LogP contribution in [0.15, 0.2) is 54.6 Å². The molecule has 2 aromatic carbocycles. The quantitative estimate of drug-likeness (QED) is 0.789. The Balaban J connectivity index is 1.60. The van der Waals surface area contributed by atoms with Crippen LogP contribution < -0.4 is 10.2 Å². The van der Waals surface area contributed by atoms with E-state index in [1.165, 1.54) is 0 Å². The molecule has 2 unspecified atom stereocenters. The van der Waals surface area contributed by atoms with Crippen molar-refractivity contribution in [2.45, 2.75) is 45.9 Å². The third-order valence-electron chi connectivity index (χ3n) is 5.10. The molecule has 1 aliphatic rings. The molecular formula is C24H31N3O3. The topological polar surface area (TPSA) is 61.9 Å². The summed E-state index contributed by atoms with van der Waals surface area (Å²) in [6.07, 6.45) is 0.0799. The number of morpholine rings is 1. The van der Waals surface area contributed by atoms with Crippen LogP contribution in [0.5, 0.6) is 0 Å². The monoisotopic (exact) mass is 409 g/mol. The molecule has 0 aromatic heterocycles. The van der Waals surface area contributed by atoms with Crippen molar-refractivity contribution in [2.75, 3.05) is 29.9 Å². The van der Waals surface area contributed by atoms with E-state index in [4.69, 9.17) is 4.74 Å². The van der Waals surface area contributed by atoms with E-state index in [0.717, 1.165) is 11.4 Å². The predicted octanol–water partition coefficient (Wildman–Crippen LogP) is 3.79. The fourth-order valence-electron chi connectivity index (χ4n) is 3.84. The summed E-state index contributed by atoms with van der Waals surface area (Å²) < 4.78 is 5.70. The van der Waals surface area contributed by atoms with E-state index < -0.39 is 0 Å². The molecule has 3 rings (SSSR count). The highest BCUT2D eigenvalue weighted by molar-refractivity contribution is 5.97. The van der Waals surface area contributed by atoms with E-state index >= 15 is 0 Å². The van der Waals surface area contributed by atoms with Gasteiger partial charge < -0.3 is 19.9 Å². The zero-order chi connectivity index (χ0) is 21.7. The van der Waals surface area contributed by atoms with Crippen LogP contribution in [0.2, 0.25) is 0 Å². The maximum Gasteiger partial charge on any atom is 0.254 e. The van der Waals surface area contributed by atoms with Crippen molar-refractivity contribution in [1.82, 2.24) is 4.90 Å². The van der Waals surface area contributed by atoms with Gasteiger partial charge in [-0.05, 0) is 64.1 Å². The third-order valence-corrected chi connectivity index (χ3v) is 5.10. The number of anilines is 2. The summed E-state index contributed by atoms with van der Waals surface area (Å²) in [5.41, 5.74) is 2.33. The van der Waals surface area contributed by atoms with E-state index in [1.807, 2.05) is 75.1 Å². The van der Waals surface area contributed by atoms with E-state index in [1.54, 1.807) is 17.0 Å². The Morgan fingerprint density at radius 3 is 2.20 bits per heavy atom. The van der Waals surface area contributed by atoms with Gasteiger partial charge in [0, 0.05) is 36.1 Å². The number of hydrogen-bond donors (Lipinski definition) is 1. The first-order chi connectivity index (χ1) is 14.3. The van der Waals surface area contributed by atoms with Crippen LogP contribution in [-0.2, 0) is 9.53 Å². The number of hydrogen-bond acceptors (Lipinski definition) is 4. The van der Waals surface area contributed by atoms with Crippen molar-refractivity contribution < 1.29 is 14.3 Å². The van der Waals surface area contributed by atoms with Gasteiger partial charge in [-0.3, -0.25) is 9.59 Å². The van der Waals surface area contributed by atoms with Crippen LogP contribution in [-0.4, -0.2) is 54.6 Å². The van der Waals surface area contributed by atoms with Crippen LogP contribution >= 0.6 is 0 Å². The van der Waals surface area contributed by atoms with Gasteiger partial charge in [-0.15, -0.1) is 0 Å². The second kappa shape index (κ2) is 9.76. The summed E-state index contributed by atoms with van der Waals surface area (Å²) in [6.45, 7) is 9.34. The van der Waals surface area contributed by atoms with Gasteiger partial charge >= 0.3 is 0 Å². The molecule has 1 aliphatic heterocycles. The number of nitrogens with one attached hydrogen (secondary N) is 1. The van der Waals surface area contributed by atoms with Gasteiger partial charge in [0.1, 0.15) is 0 Å². The van der Waals surface area contributed by atoms with Gasteiger partial charge in [0.2, 0.25) is 5.91 Å². The van der Waals surface area contributed by atoms with E-state index in [0.29, 0.717) is 18.7 Å². The van der Waals surface area contributed by atoms with Crippen LogP contribution in [0.3, 0.4) is 0 Å². The second-order valence-electron chi connectivity index (χ2n) is 8.09.